The fraction of sp³-hybridized carbons (Fsp3) is 0.432. The van der Waals surface area contributed by atoms with Crippen molar-refractivity contribution in [3.63, 3.8) is 0 Å². The van der Waals surface area contributed by atoms with Gasteiger partial charge in [-0.1, -0.05) is 77.4 Å². The Labute approximate surface area is 278 Å². The third-order valence-electron chi connectivity index (χ3n) is 8.60. The number of methoxy groups -OCH3 is 2. The van der Waals surface area contributed by atoms with E-state index in [1.165, 1.54) is 37.5 Å². The molecule has 0 spiro atoms. The molecule has 8 nitrogen and oxygen atoms in total. The van der Waals surface area contributed by atoms with Gasteiger partial charge in [0.15, 0.2) is 5.78 Å². The Hall–Kier alpha value is -4.04. The van der Waals surface area contributed by atoms with Crippen LogP contribution in [-0.4, -0.2) is 38.4 Å². The number of ether oxygens (including phenoxy) is 3. The van der Waals surface area contributed by atoms with Crippen LogP contribution in [-0.2, 0) is 20.4 Å². The zero-order chi connectivity index (χ0) is 34.1. The van der Waals surface area contributed by atoms with Crippen LogP contribution in [0.25, 0.3) is 0 Å². The van der Waals surface area contributed by atoms with Crippen molar-refractivity contribution in [1.82, 2.24) is 0 Å². The Bertz CT molecular complexity index is 1550. The summed E-state index contributed by atoms with van der Waals surface area (Å²) in [5.41, 5.74) is 3.60. The molecule has 0 aliphatic heterocycles. The number of hydrogen-bond acceptors (Lipinski definition) is 6. The lowest BCUT2D eigenvalue weighted by Crippen LogP contribution is -2.21. The van der Waals surface area contributed by atoms with Crippen LogP contribution in [0.4, 0.5) is 11.4 Å². The highest BCUT2D eigenvalue weighted by Crippen LogP contribution is 2.39. The predicted octanol–water partition coefficient (Wildman–Crippen LogP) is 8.74. The minimum Gasteiger partial charge on any atom is -0.495 e. The smallest absolute Gasteiger partial charge is 0.232 e. The van der Waals surface area contributed by atoms with Crippen molar-refractivity contribution in [1.29, 1.82) is 0 Å². The standard InChI is InChI=1S/C37H47ClN2O6/c1-9-36(3,4)25-16-17-31(27(20-25)37(5,6)10-2)46-18-12-15-34(42)39-26-14-11-13-24(19-26)30(41)23-35(43)40-29-22-32(44-7)28(38)21-33(29)45-8/h11,13-14,16-17,19-22H,9-10,12,15,18,23H2,1-8H3,(H,39,42)(H,40,43). The molecular weight excluding hydrogens is 604 g/mol. The molecule has 0 aliphatic carbocycles. The molecule has 0 aliphatic rings. The molecule has 0 saturated carbocycles. The first-order valence-electron chi connectivity index (χ1n) is 15.7. The number of carbonyl (C=O) groups is 3. The number of ketones is 1. The highest BCUT2D eigenvalue weighted by atomic mass is 35.5. The number of anilines is 2. The second-order valence-electron chi connectivity index (χ2n) is 12.6. The summed E-state index contributed by atoms with van der Waals surface area (Å²) in [4.78, 5) is 38.3. The van der Waals surface area contributed by atoms with Gasteiger partial charge in [0, 0.05) is 35.4 Å². The highest BCUT2D eigenvalue weighted by Gasteiger charge is 2.26. The minimum absolute atomic E-state index is 0.0497. The number of amides is 2. The Kier molecular flexibility index (Phi) is 12.7. The summed E-state index contributed by atoms with van der Waals surface area (Å²) < 4.78 is 16.7. The third kappa shape index (κ3) is 9.49. The number of rotatable bonds is 16. The van der Waals surface area contributed by atoms with Crippen molar-refractivity contribution in [2.45, 2.75) is 84.5 Å². The van der Waals surface area contributed by atoms with E-state index in [2.05, 4.69) is 70.4 Å². The van der Waals surface area contributed by atoms with E-state index in [9.17, 15) is 14.4 Å². The van der Waals surface area contributed by atoms with Gasteiger partial charge in [0.1, 0.15) is 17.2 Å². The van der Waals surface area contributed by atoms with Gasteiger partial charge >= 0.3 is 0 Å². The van der Waals surface area contributed by atoms with Crippen LogP contribution in [0.2, 0.25) is 5.02 Å². The number of carbonyl (C=O) groups excluding carboxylic acids is 3. The topological polar surface area (TPSA) is 103 Å². The summed E-state index contributed by atoms with van der Waals surface area (Å²) in [5, 5.41) is 5.85. The molecule has 3 rings (SSSR count). The first-order valence-corrected chi connectivity index (χ1v) is 16.0. The molecule has 0 atom stereocenters. The van der Waals surface area contributed by atoms with Gasteiger partial charge < -0.3 is 24.8 Å². The summed E-state index contributed by atoms with van der Waals surface area (Å²) in [6.45, 7) is 13.7. The van der Waals surface area contributed by atoms with E-state index in [1.54, 1.807) is 24.3 Å². The molecule has 2 amide bonds. The number of Topliss-reactive ketones (excluding diaryl/α,β-unsaturated/α-hetero) is 1. The van der Waals surface area contributed by atoms with E-state index >= 15 is 0 Å². The monoisotopic (exact) mass is 650 g/mol. The Morgan fingerprint density at radius 2 is 1.48 bits per heavy atom. The van der Waals surface area contributed by atoms with E-state index in [0.717, 1.165) is 18.6 Å². The number of nitrogens with one attached hydrogen (secondary N) is 2. The molecule has 0 aromatic heterocycles. The average Bonchev–Trinajstić information content (AvgIpc) is 3.03. The van der Waals surface area contributed by atoms with Crippen LogP contribution in [0, 0.1) is 0 Å². The third-order valence-corrected chi connectivity index (χ3v) is 8.90. The molecule has 248 valence electrons. The van der Waals surface area contributed by atoms with Gasteiger partial charge in [-0.05, 0) is 53.9 Å². The summed E-state index contributed by atoms with van der Waals surface area (Å²) in [7, 11) is 2.90. The van der Waals surface area contributed by atoms with Gasteiger partial charge in [-0.3, -0.25) is 14.4 Å². The lowest BCUT2D eigenvalue weighted by molar-refractivity contribution is -0.116. The molecule has 9 heteroatoms. The van der Waals surface area contributed by atoms with Gasteiger partial charge in [-0.25, -0.2) is 0 Å². The van der Waals surface area contributed by atoms with Crippen molar-refractivity contribution >= 4 is 40.6 Å². The molecule has 0 saturated heterocycles. The Morgan fingerprint density at radius 3 is 2.13 bits per heavy atom. The van der Waals surface area contributed by atoms with Crippen LogP contribution in [0.15, 0.2) is 54.6 Å². The molecule has 3 aromatic carbocycles. The summed E-state index contributed by atoms with van der Waals surface area (Å²) in [5.74, 6) is 0.420. The first kappa shape index (κ1) is 36.4. The van der Waals surface area contributed by atoms with Gasteiger partial charge in [0.2, 0.25) is 11.8 Å². The maximum atomic E-state index is 12.9. The van der Waals surface area contributed by atoms with Crippen LogP contribution >= 0.6 is 11.6 Å². The zero-order valence-electron chi connectivity index (χ0n) is 28.3. The Balaban J connectivity index is 1.56. The van der Waals surface area contributed by atoms with Gasteiger partial charge in [0.25, 0.3) is 0 Å². The summed E-state index contributed by atoms with van der Waals surface area (Å²) >= 11 is 6.13. The minimum atomic E-state index is -0.531. The van der Waals surface area contributed by atoms with E-state index in [1.807, 2.05) is 0 Å². The van der Waals surface area contributed by atoms with Crippen LogP contribution in [0.5, 0.6) is 17.2 Å². The van der Waals surface area contributed by atoms with Crippen LogP contribution in [0.1, 0.15) is 95.1 Å². The Morgan fingerprint density at radius 1 is 0.783 bits per heavy atom. The lowest BCUT2D eigenvalue weighted by Gasteiger charge is -2.30. The number of benzene rings is 3. The van der Waals surface area contributed by atoms with E-state index in [4.69, 9.17) is 25.8 Å². The maximum Gasteiger partial charge on any atom is 0.232 e. The molecule has 46 heavy (non-hydrogen) atoms. The fourth-order valence-electron chi connectivity index (χ4n) is 4.81. The second kappa shape index (κ2) is 16.0. The summed E-state index contributed by atoms with van der Waals surface area (Å²) in [6.07, 6.45) is 2.38. The van der Waals surface area contributed by atoms with Crippen molar-refractivity contribution in [2.24, 2.45) is 0 Å². The molecule has 0 unspecified atom stereocenters. The average molecular weight is 651 g/mol. The van der Waals surface area contributed by atoms with Crippen molar-refractivity contribution < 1.29 is 28.6 Å². The second-order valence-corrected chi connectivity index (χ2v) is 13.0. The predicted molar refractivity (Wildman–Crippen MR) is 185 cm³/mol. The first-order chi connectivity index (χ1) is 21.7. The van der Waals surface area contributed by atoms with Gasteiger partial charge in [-0.15, -0.1) is 0 Å². The summed E-state index contributed by atoms with van der Waals surface area (Å²) in [6, 6.07) is 16.1. The maximum absolute atomic E-state index is 12.9. The number of hydrogen-bond donors (Lipinski definition) is 2. The highest BCUT2D eigenvalue weighted by molar-refractivity contribution is 6.32. The lowest BCUT2D eigenvalue weighted by atomic mass is 9.76. The normalized spacial score (nSPS) is 11.5. The fourth-order valence-corrected chi connectivity index (χ4v) is 5.04. The SMILES string of the molecule is CCC(C)(C)c1ccc(OCCCC(=O)Nc2cccc(C(=O)CC(=O)Nc3cc(OC)c(Cl)cc3OC)c2)c(C(C)(C)CC)c1. The molecule has 3 aromatic rings. The zero-order valence-corrected chi connectivity index (χ0v) is 29.0. The van der Waals surface area contributed by atoms with Crippen LogP contribution < -0.4 is 24.8 Å². The molecule has 0 radical (unpaired) electrons. The largest absolute Gasteiger partial charge is 0.495 e. The molecule has 0 fully saturated rings. The molecular formula is C37H47ClN2O6. The molecule has 0 heterocycles. The van der Waals surface area contributed by atoms with Crippen molar-refractivity contribution in [3.05, 3.63) is 76.3 Å². The van der Waals surface area contributed by atoms with E-state index in [0.29, 0.717) is 46.5 Å². The quantitative estimate of drug-likeness (QED) is 0.0913. The van der Waals surface area contributed by atoms with Crippen molar-refractivity contribution in [3.8, 4) is 17.2 Å². The van der Waals surface area contributed by atoms with E-state index in [-0.39, 0.29) is 23.2 Å². The van der Waals surface area contributed by atoms with Gasteiger partial charge in [0.05, 0.1) is 38.0 Å². The molecule has 0 bridgehead atoms. The van der Waals surface area contributed by atoms with E-state index < -0.39 is 18.1 Å². The molecule has 2 N–H and O–H groups in total. The van der Waals surface area contributed by atoms with Crippen LogP contribution in [0.3, 0.4) is 0 Å². The number of halogens is 1. The van der Waals surface area contributed by atoms with Crippen molar-refractivity contribution in [2.75, 3.05) is 31.5 Å². The van der Waals surface area contributed by atoms with Gasteiger partial charge in [-0.2, -0.15) is 0 Å².